The Bertz CT molecular complexity index is 805. The number of amides is 1. The van der Waals surface area contributed by atoms with E-state index in [1.165, 1.54) is 12.1 Å². The molecule has 2 fully saturated rings. The Morgan fingerprint density at radius 1 is 1.18 bits per heavy atom. The van der Waals surface area contributed by atoms with Crippen molar-refractivity contribution in [1.82, 2.24) is 14.8 Å². The zero-order valence-electron chi connectivity index (χ0n) is 20.4. The summed E-state index contributed by atoms with van der Waals surface area (Å²) in [4.78, 5) is 20.9. The molecule has 192 valence electrons. The molecule has 1 aromatic heterocycles. The smallest absolute Gasteiger partial charge is 0.381 e. The summed E-state index contributed by atoms with van der Waals surface area (Å²) in [5, 5.41) is 2.51. The first-order valence-electron chi connectivity index (χ1n) is 12.0. The van der Waals surface area contributed by atoms with E-state index in [4.69, 9.17) is 9.47 Å². The highest BCUT2D eigenvalue weighted by atomic mass is 19.4. The van der Waals surface area contributed by atoms with Crippen molar-refractivity contribution in [2.45, 2.75) is 63.3 Å². The van der Waals surface area contributed by atoms with E-state index >= 15 is 0 Å². The van der Waals surface area contributed by atoms with Crippen molar-refractivity contribution in [3.8, 4) is 0 Å². The van der Waals surface area contributed by atoms with Crippen LogP contribution in [-0.2, 0) is 20.4 Å². The number of nitrogens with one attached hydrogen (secondary N) is 1. The van der Waals surface area contributed by atoms with Crippen LogP contribution in [0.3, 0.4) is 0 Å². The lowest BCUT2D eigenvalue weighted by Crippen LogP contribution is -2.60. The number of hydrogen-bond acceptors (Lipinski definition) is 6. The quantitative estimate of drug-likeness (QED) is 0.573. The number of anilines is 1. The van der Waals surface area contributed by atoms with E-state index in [2.05, 4.69) is 33.9 Å². The maximum Gasteiger partial charge on any atom is 0.433 e. The number of aromatic nitrogens is 1. The molecule has 0 saturated carbocycles. The SMILES string of the molecule is COC(C)(C)CN1CCN(C2(CCCC(=O)Nc3cccc(C(F)(F)F)n3)CCOCC2)CC1. The highest BCUT2D eigenvalue weighted by Crippen LogP contribution is 2.34. The van der Waals surface area contributed by atoms with Crippen LogP contribution < -0.4 is 5.32 Å². The Balaban J connectivity index is 1.52. The normalized spacial score (nSPS) is 20.3. The Morgan fingerprint density at radius 3 is 2.47 bits per heavy atom. The summed E-state index contributed by atoms with van der Waals surface area (Å²) < 4.78 is 49.8. The molecule has 0 unspecified atom stereocenters. The number of methoxy groups -OCH3 is 1. The number of hydrogen-bond donors (Lipinski definition) is 1. The Hall–Kier alpha value is -1.75. The van der Waals surface area contributed by atoms with Crippen molar-refractivity contribution < 1.29 is 27.4 Å². The zero-order chi connectivity index (χ0) is 24.8. The molecule has 0 radical (unpaired) electrons. The minimum Gasteiger partial charge on any atom is -0.381 e. The van der Waals surface area contributed by atoms with Gasteiger partial charge in [0.05, 0.1) is 5.60 Å². The number of nitrogens with zero attached hydrogens (tertiary/aromatic N) is 3. The molecule has 7 nitrogen and oxygen atoms in total. The molecule has 10 heteroatoms. The van der Waals surface area contributed by atoms with E-state index in [0.29, 0.717) is 19.6 Å². The summed E-state index contributed by atoms with van der Waals surface area (Å²) in [6.45, 7) is 10.3. The van der Waals surface area contributed by atoms with Crippen LogP contribution in [0.25, 0.3) is 0 Å². The molecule has 2 aliphatic rings. The van der Waals surface area contributed by atoms with Gasteiger partial charge in [-0.25, -0.2) is 4.98 Å². The summed E-state index contributed by atoms with van der Waals surface area (Å²) in [5.41, 5.74) is -1.20. The summed E-state index contributed by atoms with van der Waals surface area (Å²) in [6.07, 6.45) is -0.951. The fraction of sp³-hybridized carbons (Fsp3) is 0.750. The van der Waals surface area contributed by atoms with Gasteiger partial charge in [0.25, 0.3) is 0 Å². The van der Waals surface area contributed by atoms with Crippen molar-refractivity contribution in [3.63, 3.8) is 0 Å². The van der Waals surface area contributed by atoms with Crippen molar-refractivity contribution in [2.24, 2.45) is 0 Å². The maximum atomic E-state index is 12.9. The van der Waals surface area contributed by atoms with Crippen LogP contribution in [0.2, 0.25) is 0 Å². The third-order valence-electron chi connectivity index (χ3n) is 6.98. The molecule has 2 saturated heterocycles. The molecule has 0 bridgehead atoms. The van der Waals surface area contributed by atoms with Crippen LogP contribution in [0.15, 0.2) is 18.2 Å². The molecule has 3 rings (SSSR count). The monoisotopic (exact) mass is 486 g/mol. The van der Waals surface area contributed by atoms with Crippen molar-refractivity contribution in [1.29, 1.82) is 0 Å². The molecule has 0 atom stereocenters. The molecular weight excluding hydrogens is 449 g/mol. The number of carbonyl (C=O) groups is 1. The Morgan fingerprint density at radius 2 is 1.85 bits per heavy atom. The second kappa shape index (κ2) is 11.3. The molecule has 0 spiro atoms. The van der Waals surface area contributed by atoms with Crippen molar-refractivity contribution in [2.75, 3.05) is 58.4 Å². The topological polar surface area (TPSA) is 66.9 Å². The number of rotatable bonds is 9. The van der Waals surface area contributed by atoms with Gasteiger partial charge in [0, 0.05) is 65.0 Å². The highest BCUT2D eigenvalue weighted by Gasteiger charge is 2.40. The first-order chi connectivity index (χ1) is 16.0. The third-order valence-corrected chi connectivity index (χ3v) is 6.98. The number of halogens is 3. The van der Waals surface area contributed by atoms with Crippen molar-refractivity contribution in [3.05, 3.63) is 23.9 Å². The first-order valence-corrected chi connectivity index (χ1v) is 12.0. The van der Waals surface area contributed by atoms with Crippen molar-refractivity contribution >= 4 is 11.7 Å². The lowest BCUT2D eigenvalue weighted by molar-refractivity contribution is -0.141. The number of carbonyl (C=O) groups excluding carboxylic acids is 1. The van der Waals surface area contributed by atoms with Crippen LogP contribution in [0.4, 0.5) is 19.0 Å². The fourth-order valence-corrected chi connectivity index (χ4v) is 4.90. The molecule has 34 heavy (non-hydrogen) atoms. The predicted octanol–water partition coefficient (Wildman–Crippen LogP) is 3.80. The number of alkyl halides is 3. The second-order valence-electron chi connectivity index (χ2n) is 9.87. The van der Waals surface area contributed by atoms with E-state index in [9.17, 15) is 18.0 Å². The van der Waals surface area contributed by atoms with E-state index in [-0.39, 0.29) is 29.3 Å². The van der Waals surface area contributed by atoms with Gasteiger partial charge in [-0.05, 0) is 51.7 Å². The van der Waals surface area contributed by atoms with Gasteiger partial charge in [-0.2, -0.15) is 13.2 Å². The van der Waals surface area contributed by atoms with Gasteiger partial charge in [0.2, 0.25) is 5.91 Å². The Labute approximate surface area is 200 Å². The third kappa shape index (κ3) is 7.37. The molecule has 0 aromatic carbocycles. The van der Waals surface area contributed by atoms with Gasteiger partial charge < -0.3 is 14.8 Å². The van der Waals surface area contributed by atoms with E-state index < -0.39 is 11.9 Å². The van der Waals surface area contributed by atoms with Crippen LogP contribution in [0.1, 0.15) is 51.6 Å². The summed E-state index contributed by atoms with van der Waals surface area (Å²) in [5.74, 6) is -0.392. The standard InChI is InChI=1S/C24H37F3N4O3/c1-22(2,33-3)18-30-12-14-31(15-13-30)23(10-16-34-17-11-23)9-5-8-21(32)29-20-7-4-6-19(28-20)24(25,26)27/h4,6-7H,5,8-18H2,1-3H3,(H,28,29,32). The van der Waals surface area contributed by atoms with Crippen LogP contribution in [0, 0.1) is 0 Å². The summed E-state index contributed by atoms with van der Waals surface area (Å²) >= 11 is 0. The fourth-order valence-electron chi connectivity index (χ4n) is 4.90. The first kappa shape index (κ1) is 26.8. The number of piperazine rings is 1. The van der Waals surface area contributed by atoms with Crippen LogP contribution >= 0.6 is 0 Å². The predicted molar refractivity (Wildman–Crippen MR) is 124 cm³/mol. The van der Waals surface area contributed by atoms with E-state index in [0.717, 1.165) is 58.1 Å². The van der Waals surface area contributed by atoms with Gasteiger partial charge in [0.1, 0.15) is 11.5 Å². The molecule has 0 aliphatic carbocycles. The minimum atomic E-state index is -4.54. The molecule has 1 aromatic rings. The zero-order valence-corrected chi connectivity index (χ0v) is 20.4. The van der Waals surface area contributed by atoms with E-state index in [1.807, 2.05) is 0 Å². The molecule has 1 amide bonds. The van der Waals surface area contributed by atoms with Gasteiger partial charge in [-0.15, -0.1) is 0 Å². The van der Waals surface area contributed by atoms with Gasteiger partial charge in [-0.3, -0.25) is 14.6 Å². The molecule has 1 N–H and O–H groups in total. The molecule has 3 heterocycles. The largest absolute Gasteiger partial charge is 0.433 e. The summed E-state index contributed by atoms with van der Waals surface area (Å²) in [7, 11) is 1.74. The van der Waals surface area contributed by atoms with Gasteiger partial charge in [-0.1, -0.05) is 6.07 Å². The average Bonchev–Trinajstić information content (AvgIpc) is 2.79. The molecule has 2 aliphatic heterocycles. The van der Waals surface area contributed by atoms with Gasteiger partial charge >= 0.3 is 6.18 Å². The number of ether oxygens (including phenoxy) is 2. The van der Waals surface area contributed by atoms with Crippen LogP contribution in [-0.4, -0.2) is 84.9 Å². The Kier molecular flexibility index (Phi) is 8.94. The van der Waals surface area contributed by atoms with Gasteiger partial charge in [0.15, 0.2) is 0 Å². The second-order valence-corrected chi connectivity index (χ2v) is 9.87. The summed E-state index contributed by atoms with van der Waals surface area (Å²) in [6, 6.07) is 3.51. The minimum absolute atomic E-state index is 0.00412. The van der Waals surface area contributed by atoms with Crippen LogP contribution in [0.5, 0.6) is 0 Å². The highest BCUT2D eigenvalue weighted by molar-refractivity contribution is 5.89. The average molecular weight is 487 g/mol. The lowest BCUT2D eigenvalue weighted by atomic mass is 9.82. The molecular formula is C24H37F3N4O3. The van der Waals surface area contributed by atoms with E-state index in [1.54, 1.807) is 7.11 Å². The lowest BCUT2D eigenvalue weighted by Gasteiger charge is -2.50. The maximum absolute atomic E-state index is 12.9. The number of pyridine rings is 1.